The van der Waals surface area contributed by atoms with E-state index in [2.05, 4.69) is 6.58 Å². The van der Waals surface area contributed by atoms with Gasteiger partial charge in [0.1, 0.15) is 6.10 Å². The SMILES string of the molecule is C=C(C)C(=O)OCC(=O)OC1C2CC(C)C(O2)C1OC=O. The van der Waals surface area contributed by atoms with Crippen LogP contribution in [0.5, 0.6) is 0 Å². The lowest BCUT2D eigenvalue weighted by Crippen LogP contribution is -2.45. The molecule has 2 saturated heterocycles. The van der Waals surface area contributed by atoms with Crippen molar-refractivity contribution in [2.75, 3.05) is 6.61 Å². The van der Waals surface area contributed by atoms with E-state index < -0.39 is 30.8 Å². The van der Waals surface area contributed by atoms with Crippen LogP contribution in [0, 0.1) is 5.92 Å². The highest BCUT2D eigenvalue weighted by Crippen LogP contribution is 2.41. The van der Waals surface area contributed by atoms with Crippen LogP contribution in [0.3, 0.4) is 0 Å². The molecule has 5 atom stereocenters. The van der Waals surface area contributed by atoms with Crippen molar-refractivity contribution < 1.29 is 33.3 Å². The highest BCUT2D eigenvalue weighted by molar-refractivity contribution is 5.88. The van der Waals surface area contributed by atoms with Crippen molar-refractivity contribution in [1.29, 1.82) is 0 Å². The second-order valence-electron chi connectivity index (χ2n) is 5.36. The Bertz CT molecular complexity index is 458. The van der Waals surface area contributed by atoms with Gasteiger partial charge in [0.25, 0.3) is 6.47 Å². The summed E-state index contributed by atoms with van der Waals surface area (Å²) in [6, 6.07) is 0. The molecule has 5 unspecified atom stereocenters. The van der Waals surface area contributed by atoms with E-state index in [1.165, 1.54) is 6.92 Å². The van der Waals surface area contributed by atoms with Crippen molar-refractivity contribution in [2.24, 2.45) is 5.92 Å². The van der Waals surface area contributed by atoms with Crippen molar-refractivity contribution in [3.8, 4) is 0 Å². The maximum atomic E-state index is 11.7. The highest BCUT2D eigenvalue weighted by Gasteiger charge is 2.56. The fourth-order valence-electron chi connectivity index (χ4n) is 2.70. The smallest absolute Gasteiger partial charge is 0.344 e. The predicted molar refractivity (Wildman–Crippen MR) is 69.0 cm³/mol. The third-order valence-corrected chi connectivity index (χ3v) is 3.66. The molecule has 21 heavy (non-hydrogen) atoms. The third-order valence-electron chi connectivity index (χ3n) is 3.66. The van der Waals surface area contributed by atoms with E-state index in [1.54, 1.807) is 0 Å². The quantitative estimate of drug-likeness (QED) is 0.303. The largest absolute Gasteiger partial charge is 0.458 e. The molecule has 2 aliphatic heterocycles. The summed E-state index contributed by atoms with van der Waals surface area (Å²) in [5.74, 6) is -1.14. The van der Waals surface area contributed by atoms with Crippen molar-refractivity contribution in [3.05, 3.63) is 12.2 Å². The van der Waals surface area contributed by atoms with Gasteiger partial charge in [-0.05, 0) is 19.3 Å². The number of hydrogen-bond acceptors (Lipinski definition) is 7. The van der Waals surface area contributed by atoms with Gasteiger partial charge in [0.2, 0.25) is 0 Å². The first kappa shape index (κ1) is 15.5. The molecule has 0 aromatic carbocycles. The number of hydrogen-bond donors (Lipinski definition) is 0. The van der Waals surface area contributed by atoms with Crippen LogP contribution in [0.2, 0.25) is 0 Å². The molecule has 0 amide bonds. The summed E-state index contributed by atoms with van der Waals surface area (Å²) in [6.45, 7) is 6.68. The van der Waals surface area contributed by atoms with E-state index >= 15 is 0 Å². The van der Waals surface area contributed by atoms with Crippen LogP contribution in [0.1, 0.15) is 20.3 Å². The molecule has 2 heterocycles. The molecule has 0 saturated carbocycles. The van der Waals surface area contributed by atoms with Crippen molar-refractivity contribution >= 4 is 18.4 Å². The van der Waals surface area contributed by atoms with Crippen LogP contribution >= 0.6 is 0 Å². The zero-order chi connectivity index (χ0) is 15.6. The number of ether oxygens (including phenoxy) is 4. The van der Waals surface area contributed by atoms with Crippen LogP contribution in [-0.4, -0.2) is 49.4 Å². The van der Waals surface area contributed by atoms with E-state index in [4.69, 9.17) is 18.9 Å². The van der Waals surface area contributed by atoms with Gasteiger partial charge < -0.3 is 18.9 Å². The average molecular weight is 298 g/mol. The van der Waals surface area contributed by atoms with E-state index in [0.29, 0.717) is 6.47 Å². The third kappa shape index (κ3) is 3.24. The summed E-state index contributed by atoms with van der Waals surface area (Å²) in [4.78, 5) is 33.5. The Morgan fingerprint density at radius 2 is 2.10 bits per heavy atom. The molecule has 0 aliphatic carbocycles. The average Bonchev–Trinajstić information content (AvgIpc) is 2.94. The van der Waals surface area contributed by atoms with Gasteiger partial charge in [-0.25, -0.2) is 9.59 Å². The lowest BCUT2D eigenvalue weighted by Gasteiger charge is -2.29. The molecule has 0 aromatic rings. The van der Waals surface area contributed by atoms with Gasteiger partial charge in [-0.2, -0.15) is 0 Å². The van der Waals surface area contributed by atoms with E-state index in [9.17, 15) is 14.4 Å². The number of carbonyl (C=O) groups is 3. The summed E-state index contributed by atoms with van der Waals surface area (Å²) in [7, 11) is 0. The standard InChI is InChI=1S/C14H18O7/c1-7(2)14(17)18-5-10(16)21-12-9-4-8(3)11(20-9)13(12)19-6-15/h6,8-9,11-13H,1,4-5H2,2-3H3. The summed E-state index contributed by atoms with van der Waals surface area (Å²) >= 11 is 0. The Labute approximate surface area is 122 Å². The van der Waals surface area contributed by atoms with Crippen molar-refractivity contribution in [1.82, 2.24) is 0 Å². The van der Waals surface area contributed by atoms with Crippen LogP contribution in [0.15, 0.2) is 12.2 Å². The Balaban J connectivity index is 1.89. The lowest BCUT2D eigenvalue weighted by atomic mass is 9.86. The van der Waals surface area contributed by atoms with Gasteiger partial charge in [-0.15, -0.1) is 0 Å². The molecule has 0 spiro atoms. The first-order valence-electron chi connectivity index (χ1n) is 6.70. The van der Waals surface area contributed by atoms with Gasteiger partial charge in [0, 0.05) is 5.57 Å². The zero-order valence-corrected chi connectivity index (χ0v) is 11.9. The molecule has 0 N–H and O–H groups in total. The summed E-state index contributed by atoms with van der Waals surface area (Å²) < 4.78 is 20.6. The second-order valence-corrected chi connectivity index (χ2v) is 5.36. The highest BCUT2D eigenvalue weighted by atomic mass is 16.6. The molecule has 2 bridgehead atoms. The van der Waals surface area contributed by atoms with Crippen LogP contribution in [0.25, 0.3) is 0 Å². The van der Waals surface area contributed by atoms with Gasteiger partial charge in [0.15, 0.2) is 18.8 Å². The van der Waals surface area contributed by atoms with E-state index in [1.807, 2.05) is 6.92 Å². The zero-order valence-electron chi connectivity index (χ0n) is 11.9. The first-order chi connectivity index (χ1) is 9.93. The molecular weight excluding hydrogens is 280 g/mol. The van der Waals surface area contributed by atoms with Crippen molar-refractivity contribution in [2.45, 2.75) is 44.7 Å². The van der Waals surface area contributed by atoms with Gasteiger partial charge in [0.05, 0.1) is 6.10 Å². The second kappa shape index (κ2) is 6.26. The maximum absolute atomic E-state index is 11.7. The van der Waals surface area contributed by atoms with Crippen molar-refractivity contribution in [3.63, 3.8) is 0 Å². The van der Waals surface area contributed by atoms with Crippen LogP contribution in [-0.2, 0) is 33.3 Å². The molecule has 0 radical (unpaired) electrons. The Morgan fingerprint density at radius 3 is 2.71 bits per heavy atom. The van der Waals surface area contributed by atoms with Gasteiger partial charge in [-0.3, -0.25) is 4.79 Å². The Hall–Kier alpha value is -1.89. The number of carbonyl (C=O) groups excluding carboxylic acids is 3. The van der Waals surface area contributed by atoms with Gasteiger partial charge in [-0.1, -0.05) is 13.5 Å². The van der Waals surface area contributed by atoms with Crippen LogP contribution < -0.4 is 0 Å². The Kier molecular flexibility index (Phi) is 4.62. The maximum Gasteiger partial charge on any atom is 0.344 e. The van der Waals surface area contributed by atoms with Crippen LogP contribution in [0.4, 0.5) is 0 Å². The molecule has 2 fully saturated rings. The molecule has 0 aromatic heterocycles. The fourth-order valence-corrected chi connectivity index (χ4v) is 2.70. The first-order valence-corrected chi connectivity index (χ1v) is 6.70. The van der Waals surface area contributed by atoms with Gasteiger partial charge >= 0.3 is 11.9 Å². The minimum absolute atomic E-state index is 0.196. The summed E-state index contributed by atoms with van der Waals surface area (Å²) in [6.07, 6.45) is -1.11. The Morgan fingerprint density at radius 1 is 1.38 bits per heavy atom. The molecule has 2 rings (SSSR count). The monoisotopic (exact) mass is 298 g/mol. The van der Waals surface area contributed by atoms with E-state index in [-0.39, 0.29) is 23.7 Å². The topological polar surface area (TPSA) is 88.1 Å². The summed E-state index contributed by atoms with van der Waals surface area (Å²) in [5.41, 5.74) is 0.196. The summed E-state index contributed by atoms with van der Waals surface area (Å²) in [5, 5.41) is 0. The number of fused-ring (bicyclic) bond motifs is 2. The lowest BCUT2D eigenvalue weighted by molar-refractivity contribution is -0.169. The fraction of sp³-hybridized carbons (Fsp3) is 0.643. The molecular formula is C14H18O7. The minimum atomic E-state index is -0.710. The normalized spacial score (nSPS) is 33.3. The molecule has 7 nitrogen and oxygen atoms in total. The number of rotatable bonds is 6. The minimum Gasteiger partial charge on any atom is -0.458 e. The molecule has 116 valence electrons. The predicted octanol–water partition coefficient (Wildman–Crippen LogP) is 0.366. The number of esters is 2. The molecule has 7 heteroatoms. The van der Waals surface area contributed by atoms with E-state index in [0.717, 1.165) is 6.42 Å². The molecule has 2 aliphatic rings.